The lowest BCUT2D eigenvalue weighted by molar-refractivity contribution is -0.187. The SMILES string of the molecule is O=C(OCC(COC(=O)C(C(F)(F)F)S(=O)(=O)F)(COC(=O)C(C(F)(F)F)S(=O)(=O)F)COC(=O)C(C(F)(F)F)S(=O)(=O)F)C(C(F)(F)F)S(=O)(=O)F. The highest BCUT2D eigenvalue weighted by atomic mass is 32.3. The maximum atomic E-state index is 13.3. The molecule has 0 radical (unpaired) electrons. The number of alkyl halides is 12. The molecule has 0 amide bonds. The first-order valence-electron chi connectivity index (χ1n) is 11.7. The molecular weight excluding hydrogens is 892 g/mol. The third-order valence-corrected chi connectivity index (χ3v) is 9.35. The monoisotopic (exact) mass is 904 g/mol. The molecule has 36 heteroatoms. The summed E-state index contributed by atoms with van der Waals surface area (Å²) in [5.74, 6) is -14.1. The summed E-state index contributed by atoms with van der Waals surface area (Å²) in [5.41, 5.74) is -4.14. The van der Waals surface area contributed by atoms with E-state index in [1.807, 2.05) is 0 Å². The summed E-state index contributed by atoms with van der Waals surface area (Å²) in [7, 11) is -29.0. The molecule has 0 rings (SSSR count). The van der Waals surface area contributed by atoms with Crippen molar-refractivity contribution in [2.45, 2.75) is 45.7 Å². The minimum atomic E-state index is -7.25. The third kappa shape index (κ3) is 14.7. The summed E-state index contributed by atoms with van der Waals surface area (Å²) >= 11 is 0. The number of carbonyl (C=O) groups is 4. The highest BCUT2D eigenvalue weighted by Gasteiger charge is 2.60. The topological polar surface area (TPSA) is 242 Å². The molecule has 16 nitrogen and oxygen atoms in total. The standard InChI is InChI=1S/C17H12F16O16S4/c18-14(19,20)5(50(30,38)39)9(34)46-1-13(2-47-10(35)6(15(21,22)23)51(31,40)41,3-48-11(36)7(16(24,25)26)52(32,42)43)4-49-12(37)8(17(27,28)29)53(33,44)45/h5-8H,1-4H2. The average Bonchev–Trinajstić information content (AvgIpc) is 2.80. The average molecular weight is 905 g/mol. The maximum absolute atomic E-state index is 13.3. The number of carbonyl (C=O) groups excluding carboxylic acids is 4. The van der Waals surface area contributed by atoms with Crippen LogP contribution in [0, 0.1) is 5.41 Å². The van der Waals surface area contributed by atoms with Crippen molar-refractivity contribution >= 4 is 64.8 Å². The lowest BCUT2D eigenvalue weighted by atomic mass is 9.92. The number of ether oxygens (including phenoxy) is 4. The predicted octanol–water partition coefficient (Wildman–Crippen LogP) is 1.07. The second-order valence-electron chi connectivity index (χ2n) is 9.52. The third-order valence-electron chi connectivity index (χ3n) is 5.25. The molecule has 0 bridgehead atoms. The van der Waals surface area contributed by atoms with E-state index in [0.717, 1.165) is 0 Å². The second kappa shape index (κ2) is 16.1. The fraction of sp³-hybridized carbons (Fsp3) is 0.765. The molecule has 0 N–H and O–H groups in total. The van der Waals surface area contributed by atoms with Gasteiger partial charge in [0.1, 0.15) is 31.8 Å². The largest absolute Gasteiger partial charge is 0.463 e. The van der Waals surface area contributed by atoms with Gasteiger partial charge in [-0.3, -0.25) is 19.2 Å². The lowest BCUT2D eigenvalue weighted by Gasteiger charge is -2.33. The molecule has 0 aliphatic heterocycles. The van der Waals surface area contributed by atoms with Crippen LogP contribution in [0.4, 0.5) is 68.2 Å². The summed E-state index contributed by atoms with van der Waals surface area (Å²) in [6, 6.07) is 0. The Morgan fingerprint density at radius 2 is 0.491 bits per heavy atom. The fourth-order valence-electron chi connectivity index (χ4n) is 3.08. The number of rotatable bonds is 16. The molecule has 0 fully saturated rings. The van der Waals surface area contributed by atoms with Crippen LogP contribution in [0.15, 0.2) is 0 Å². The first-order chi connectivity index (χ1) is 23.0. The van der Waals surface area contributed by atoms with Crippen LogP contribution in [0.3, 0.4) is 0 Å². The maximum Gasteiger partial charge on any atom is 0.418 e. The zero-order chi connectivity index (χ0) is 42.8. The van der Waals surface area contributed by atoms with Crippen LogP contribution in [0.1, 0.15) is 0 Å². The van der Waals surface area contributed by atoms with E-state index in [9.17, 15) is 121 Å². The van der Waals surface area contributed by atoms with Crippen molar-refractivity contribution in [3.63, 3.8) is 0 Å². The van der Waals surface area contributed by atoms with E-state index >= 15 is 0 Å². The van der Waals surface area contributed by atoms with Gasteiger partial charge in [0.15, 0.2) is 0 Å². The van der Waals surface area contributed by atoms with Crippen molar-refractivity contribution in [3.8, 4) is 0 Å². The molecule has 4 atom stereocenters. The normalized spacial score (nSPS) is 17.4. The van der Waals surface area contributed by atoms with Gasteiger partial charge in [0.25, 0.3) is 21.0 Å². The van der Waals surface area contributed by atoms with Crippen molar-refractivity contribution in [2.75, 3.05) is 26.4 Å². The summed E-state index contributed by atoms with van der Waals surface area (Å²) in [6.07, 6.45) is -26.4. The van der Waals surface area contributed by atoms with Crippen molar-refractivity contribution in [2.24, 2.45) is 5.41 Å². The van der Waals surface area contributed by atoms with Crippen molar-refractivity contribution < 1.29 is 140 Å². The van der Waals surface area contributed by atoms with Gasteiger partial charge < -0.3 is 18.9 Å². The van der Waals surface area contributed by atoms with Gasteiger partial charge in [0, 0.05) is 0 Å². The zero-order valence-corrected chi connectivity index (χ0v) is 27.1. The Balaban J connectivity index is 7.58. The highest BCUT2D eigenvalue weighted by molar-refractivity contribution is 7.88. The Morgan fingerprint density at radius 1 is 0.358 bits per heavy atom. The van der Waals surface area contributed by atoms with Gasteiger partial charge in [0.05, 0.1) is 0 Å². The van der Waals surface area contributed by atoms with Gasteiger partial charge in [-0.25, -0.2) is 0 Å². The molecule has 0 aromatic heterocycles. The van der Waals surface area contributed by atoms with E-state index in [0.29, 0.717) is 0 Å². The number of halogens is 16. The van der Waals surface area contributed by atoms with E-state index in [1.165, 1.54) is 0 Å². The molecule has 0 aliphatic carbocycles. The molecule has 0 aromatic rings. The van der Waals surface area contributed by atoms with Gasteiger partial charge >= 0.3 is 89.5 Å². The molecule has 312 valence electrons. The van der Waals surface area contributed by atoms with Crippen LogP contribution in [0.2, 0.25) is 0 Å². The minimum Gasteiger partial charge on any atom is -0.463 e. The number of esters is 4. The Morgan fingerprint density at radius 3 is 0.585 bits per heavy atom. The Kier molecular flexibility index (Phi) is 15.1. The van der Waals surface area contributed by atoms with Crippen LogP contribution in [0.5, 0.6) is 0 Å². The predicted molar refractivity (Wildman–Crippen MR) is 126 cm³/mol. The van der Waals surface area contributed by atoms with Gasteiger partial charge in [-0.15, -0.1) is 15.5 Å². The fourth-order valence-corrected chi connectivity index (χ4v) is 5.55. The number of hydrogen-bond acceptors (Lipinski definition) is 16. The van der Waals surface area contributed by atoms with Crippen LogP contribution in [-0.4, -0.2) is 130 Å². The smallest absolute Gasteiger partial charge is 0.418 e. The van der Waals surface area contributed by atoms with Crippen LogP contribution in [-0.2, 0) is 79.0 Å². The minimum absolute atomic E-state index is 2.81. The molecular formula is C17H12F16O16S4. The first kappa shape index (κ1) is 49.6. The van der Waals surface area contributed by atoms with E-state index in [1.54, 1.807) is 0 Å². The van der Waals surface area contributed by atoms with Crippen LogP contribution in [0.25, 0.3) is 0 Å². The lowest BCUT2D eigenvalue weighted by Crippen LogP contribution is -2.51. The van der Waals surface area contributed by atoms with Crippen molar-refractivity contribution in [3.05, 3.63) is 0 Å². The van der Waals surface area contributed by atoms with Crippen LogP contribution >= 0.6 is 0 Å². The molecule has 0 spiro atoms. The molecule has 0 aromatic carbocycles. The van der Waals surface area contributed by atoms with Crippen LogP contribution < -0.4 is 0 Å². The summed E-state index contributed by atoms with van der Waals surface area (Å²) in [4.78, 5) is 47.6. The van der Waals surface area contributed by atoms with Crippen molar-refractivity contribution in [1.82, 2.24) is 0 Å². The van der Waals surface area contributed by atoms with E-state index in [2.05, 4.69) is 18.9 Å². The molecule has 53 heavy (non-hydrogen) atoms. The molecule has 0 saturated carbocycles. The Hall–Kier alpha value is -3.44. The van der Waals surface area contributed by atoms with Gasteiger partial charge in [-0.05, 0) is 0 Å². The molecule has 0 heterocycles. The van der Waals surface area contributed by atoms with E-state index < -0.39 is 142 Å². The number of hydrogen-bond donors (Lipinski definition) is 0. The summed E-state index contributed by atoms with van der Waals surface area (Å²) in [5, 5.41) is -20.1. The second-order valence-corrected chi connectivity index (χ2v) is 15.2. The van der Waals surface area contributed by atoms with E-state index in [4.69, 9.17) is 0 Å². The van der Waals surface area contributed by atoms with E-state index in [-0.39, 0.29) is 0 Å². The molecule has 4 unspecified atom stereocenters. The van der Waals surface area contributed by atoms with Gasteiger partial charge in [0.2, 0.25) is 0 Å². The Labute approximate surface area is 282 Å². The van der Waals surface area contributed by atoms with Gasteiger partial charge in [-0.1, -0.05) is 0 Å². The first-order valence-corrected chi connectivity index (χ1v) is 17.5. The quantitative estimate of drug-likeness (QED) is 0.0911. The van der Waals surface area contributed by atoms with Crippen molar-refractivity contribution in [1.29, 1.82) is 0 Å². The molecule has 0 saturated heterocycles. The zero-order valence-electron chi connectivity index (χ0n) is 23.9. The molecule has 0 aliphatic rings. The van der Waals surface area contributed by atoms with Gasteiger partial charge in [-0.2, -0.15) is 86.4 Å². The summed E-state index contributed by atoms with van der Waals surface area (Å²) in [6.45, 7) is -11.2. The highest BCUT2D eigenvalue weighted by Crippen LogP contribution is 2.34. The summed E-state index contributed by atoms with van der Waals surface area (Å²) < 4.78 is 311. The Bertz CT molecular complexity index is 1560.